The third-order valence-electron chi connectivity index (χ3n) is 6.40. The first kappa shape index (κ1) is 22.2. The van der Waals surface area contributed by atoms with E-state index in [9.17, 15) is 4.79 Å². The van der Waals surface area contributed by atoms with Crippen LogP contribution in [0.5, 0.6) is 0 Å². The number of hydrogen-bond donors (Lipinski definition) is 1. The number of hydrogen-bond acceptors (Lipinski definition) is 7. The fraction of sp³-hybridized carbons (Fsp3) is 0.417. The van der Waals surface area contributed by atoms with Crippen LogP contribution in [0.2, 0.25) is 0 Å². The molecule has 0 bridgehead atoms. The molecule has 1 saturated heterocycles. The number of rotatable bonds is 6. The van der Waals surface area contributed by atoms with Gasteiger partial charge in [0, 0.05) is 42.6 Å². The summed E-state index contributed by atoms with van der Waals surface area (Å²) in [5.41, 5.74) is 6.68. The van der Waals surface area contributed by atoms with Crippen molar-refractivity contribution in [3.05, 3.63) is 40.6 Å². The normalized spacial score (nSPS) is 15.4. The summed E-state index contributed by atoms with van der Waals surface area (Å²) in [6.07, 6.45) is 3.10. The maximum atomic E-state index is 12.9. The summed E-state index contributed by atoms with van der Waals surface area (Å²) in [7, 11) is 4.08. The van der Waals surface area contributed by atoms with Gasteiger partial charge in [0.15, 0.2) is 0 Å². The molecule has 0 unspecified atom stereocenters. The van der Waals surface area contributed by atoms with Gasteiger partial charge in [-0.25, -0.2) is 15.0 Å². The molecule has 33 heavy (non-hydrogen) atoms. The Morgan fingerprint density at radius 2 is 2.06 bits per heavy atom. The number of piperidine rings is 1. The molecular formula is C24H28N6OS2. The number of nitrogens with one attached hydrogen (secondary N) is 1. The molecular weight excluding hydrogens is 452 g/mol. The highest BCUT2D eigenvalue weighted by molar-refractivity contribution is 7.16. The van der Waals surface area contributed by atoms with Crippen molar-refractivity contribution in [1.82, 2.24) is 29.7 Å². The Balaban J connectivity index is 1.37. The number of thiazole rings is 2. The largest absolute Gasteiger partial charge is 0.343 e. The molecule has 0 atom stereocenters. The lowest BCUT2D eigenvalue weighted by Gasteiger charge is -2.35. The van der Waals surface area contributed by atoms with E-state index in [0.29, 0.717) is 18.9 Å². The lowest BCUT2D eigenvalue weighted by atomic mass is 10.0. The summed E-state index contributed by atoms with van der Waals surface area (Å²) in [5, 5.41) is 2.96. The van der Waals surface area contributed by atoms with E-state index in [-0.39, 0.29) is 5.91 Å². The summed E-state index contributed by atoms with van der Waals surface area (Å²) in [4.78, 5) is 34.6. The van der Waals surface area contributed by atoms with E-state index in [4.69, 9.17) is 4.98 Å². The number of fused-ring (bicyclic) bond motifs is 1. The van der Waals surface area contributed by atoms with Crippen molar-refractivity contribution in [3.63, 3.8) is 0 Å². The first-order valence-corrected chi connectivity index (χ1v) is 13.0. The quantitative estimate of drug-likeness (QED) is 0.436. The van der Waals surface area contributed by atoms with Crippen LogP contribution in [0.25, 0.3) is 32.2 Å². The number of H-pyrrole nitrogens is 1. The summed E-state index contributed by atoms with van der Waals surface area (Å²) in [5.74, 6) is 1.00. The number of imidazole rings is 1. The molecule has 7 nitrogen and oxygen atoms in total. The van der Waals surface area contributed by atoms with Gasteiger partial charge >= 0.3 is 0 Å². The van der Waals surface area contributed by atoms with Gasteiger partial charge in [0.25, 0.3) is 0 Å². The van der Waals surface area contributed by atoms with E-state index in [2.05, 4.69) is 39.0 Å². The van der Waals surface area contributed by atoms with E-state index in [1.165, 1.54) is 0 Å². The van der Waals surface area contributed by atoms with Crippen molar-refractivity contribution in [2.45, 2.75) is 38.6 Å². The minimum atomic E-state index is 0.181. The molecule has 1 aliphatic rings. The van der Waals surface area contributed by atoms with Gasteiger partial charge in [0.2, 0.25) is 5.91 Å². The average molecular weight is 481 g/mol. The summed E-state index contributed by atoms with van der Waals surface area (Å²) < 4.78 is 1.13. The molecule has 1 N–H and O–H groups in total. The number of aromatic nitrogens is 4. The monoisotopic (exact) mass is 480 g/mol. The van der Waals surface area contributed by atoms with Gasteiger partial charge < -0.3 is 14.8 Å². The smallest absolute Gasteiger partial charge is 0.223 e. The van der Waals surface area contributed by atoms with Crippen molar-refractivity contribution in [3.8, 4) is 22.0 Å². The molecule has 9 heteroatoms. The van der Waals surface area contributed by atoms with E-state index in [1.807, 2.05) is 35.8 Å². The molecule has 1 aromatic carbocycles. The fourth-order valence-electron chi connectivity index (χ4n) is 4.36. The zero-order chi connectivity index (χ0) is 22.9. The number of aryl methyl sites for hydroxylation is 2. The van der Waals surface area contributed by atoms with E-state index in [0.717, 1.165) is 69.6 Å². The van der Waals surface area contributed by atoms with Crippen LogP contribution in [-0.2, 0) is 11.2 Å². The molecule has 0 saturated carbocycles. The van der Waals surface area contributed by atoms with Gasteiger partial charge in [-0.05, 0) is 52.0 Å². The van der Waals surface area contributed by atoms with Gasteiger partial charge in [-0.2, -0.15) is 0 Å². The topological polar surface area (TPSA) is 78.0 Å². The van der Waals surface area contributed by atoms with E-state index in [1.54, 1.807) is 22.7 Å². The molecule has 4 aromatic rings. The molecule has 5 rings (SSSR count). The number of benzene rings is 1. The Bertz CT molecular complexity index is 1270. The number of likely N-dealkylation sites (tertiary alicyclic amines) is 1. The van der Waals surface area contributed by atoms with Crippen LogP contribution in [0.4, 0.5) is 0 Å². The van der Waals surface area contributed by atoms with Gasteiger partial charge in [-0.15, -0.1) is 22.7 Å². The zero-order valence-electron chi connectivity index (χ0n) is 19.2. The Hall–Kier alpha value is -2.62. The zero-order valence-corrected chi connectivity index (χ0v) is 20.8. The predicted octanol–water partition coefficient (Wildman–Crippen LogP) is 4.60. The number of aromatic amines is 1. The maximum Gasteiger partial charge on any atom is 0.223 e. The summed E-state index contributed by atoms with van der Waals surface area (Å²) >= 11 is 3.23. The molecule has 1 aliphatic heterocycles. The van der Waals surface area contributed by atoms with Gasteiger partial charge in [-0.1, -0.05) is 6.07 Å². The lowest BCUT2D eigenvalue weighted by Crippen LogP contribution is -2.44. The van der Waals surface area contributed by atoms with Crippen molar-refractivity contribution in [2.24, 2.45) is 0 Å². The Morgan fingerprint density at radius 3 is 2.82 bits per heavy atom. The summed E-state index contributed by atoms with van der Waals surface area (Å²) in [6.45, 7) is 4.09. The first-order valence-electron chi connectivity index (χ1n) is 11.3. The molecule has 3 aromatic heterocycles. The van der Waals surface area contributed by atoms with Crippen molar-refractivity contribution < 1.29 is 4.79 Å². The van der Waals surface area contributed by atoms with Gasteiger partial charge in [0.05, 0.1) is 21.4 Å². The second-order valence-corrected chi connectivity index (χ2v) is 10.5. The van der Waals surface area contributed by atoms with E-state index >= 15 is 0 Å². The molecule has 0 aliphatic carbocycles. The SMILES string of the molecule is Cc1csc(-c2[nH]c(CCC(=O)N(C)C3CCN(C)CC3)nc2-c2ccc3ncsc3c2)n1. The van der Waals surface area contributed by atoms with Crippen molar-refractivity contribution in [1.29, 1.82) is 0 Å². The molecule has 4 heterocycles. The van der Waals surface area contributed by atoms with Crippen LogP contribution in [0.15, 0.2) is 29.1 Å². The minimum absolute atomic E-state index is 0.181. The minimum Gasteiger partial charge on any atom is -0.343 e. The van der Waals surface area contributed by atoms with Crippen LogP contribution < -0.4 is 0 Å². The summed E-state index contributed by atoms with van der Waals surface area (Å²) in [6, 6.07) is 6.56. The van der Waals surface area contributed by atoms with Crippen LogP contribution >= 0.6 is 22.7 Å². The van der Waals surface area contributed by atoms with Crippen LogP contribution in [0, 0.1) is 6.92 Å². The highest BCUT2D eigenvalue weighted by atomic mass is 32.1. The number of carbonyl (C=O) groups excluding carboxylic acids is 1. The molecule has 1 amide bonds. The van der Waals surface area contributed by atoms with Crippen molar-refractivity contribution >= 4 is 38.8 Å². The highest BCUT2D eigenvalue weighted by Crippen LogP contribution is 2.34. The van der Waals surface area contributed by atoms with Crippen LogP contribution in [-0.4, -0.2) is 68.9 Å². The fourth-order valence-corrected chi connectivity index (χ4v) is 5.88. The third-order valence-corrected chi connectivity index (χ3v) is 8.16. The molecule has 0 spiro atoms. The Labute approximate surface area is 201 Å². The average Bonchev–Trinajstić information content (AvgIpc) is 3.56. The number of amides is 1. The highest BCUT2D eigenvalue weighted by Gasteiger charge is 2.24. The van der Waals surface area contributed by atoms with Crippen LogP contribution in [0.1, 0.15) is 30.8 Å². The van der Waals surface area contributed by atoms with Gasteiger partial charge in [-0.3, -0.25) is 4.79 Å². The van der Waals surface area contributed by atoms with Crippen LogP contribution in [0.3, 0.4) is 0 Å². The molecule has 0 radical (unpaired) electrons. The molecule has 1 fully saturated rings. The second kappa shape index (κ2) is 9.32. The standard InChI is InChI=1S/C24H28N6OS2/c1-15-13-32-24(26-15)23-22(16-4-5-18-19(12-16)33-14-25-18)27-20(28-23)6-7-21(31)30(3)17-8-10-29(2)11-9-17/h4-5,12-14,17H,6-11H2,1-3H3,(H,27,28). The second-order valence-electron chi connectivity index (χ2n) is 8.78. The molecule has 172 valence electrons. The maximum absolute atomic E-state index is 12.9. The number of carbonyl (C=O) groups is 1. The Morgan fingerprint density at radius 1 is 1.24 bits per heavy atom. The predicted molar refractivity (Wildman–Crippen MR) is 135 cm³/mol. The Kier molecular flexibility index (Phi) is 6.27. The van der Waals surface area contributed by atoms with Gasteiger partial charge in [0.1, 0.15) is 16.5 Å². The lowest BCUT2D eigenvalue weighted by molar-refractivity contribution is -0.132. The first-order chi connectivity index (χ1) is 16.0. The van der Waals surface area contributed by atoms with E-state index < -0.39 is 0 Å². The van der Waals surface area contributed by atoms with Crippen molar-refractivity contribution in [2.75, 3.05) is 27.2 Å². The number of nitrogens with zero attached hydrogens (tertiary/aromatic N) is 5. The third kappa shape index (κ3) is 4.71.